The van der Waals surface area contributed by atoms with Gasteiger partial charge in [-0.15, -0.1) is 0 Å². The molecule has 1 aliphatic heterocycles. The van der Waals surface area contributed by atoms with E-state index >= 15 is 0 Å². The summed E-state index contributed by atoms with van der Waals surface area (Å²) in [6.07, 6.45) is 8.04. The molecule has 5 rings (SSSR count). The Kier molecular flexibility index (Phi) is 6.96. The SMILES string of the molecule is O=C(CCCN1CCC(O)CC1)Nc1cc(Oc2ccc3c(ccn3C(=O)NC3CC3)c2)ccn1. The molecule has 9 nitrogen and oxygen atoms in total. The number of likely N-dealkylation sites (tertiary alicyclic amines) is 1. The molecule has 2 fully saturated rings. The Morgan fingerprint density at radius 2 is 1.86 bits per heavy atom. The maximum Gasteiger partial charge on any atom is 0.326 e. The average Bonchev–Trinajstić information content (AvgIpc) is 3.56. The minimum atomic E-state index is -0.184. The third-order valence-electron chi connectivity index (χ3n) is 6.46. The molecule has 1 saturated heterocycles. The lowest BCUT2D eigenvalue weighted by molar-refractivity contribution is -0.116. The molecule has 3 heterocycles. The zero-order valence-corrected chi connectivity index (χ0v) is 19.7. The molecule has 2 aliphatic rings. The number of benzene rings is 1. The molecule has 0 spiro atoms. The van der Waals surface area contributed by atoms with Gasteiger partial charge in [-0.1, -0.05) is 0 Å². The van der Waals surface area contributed by atoms with Gasteiger partial charge in [-0.3, -0.25) is 9.36 Å². The highest BCUT2D eigenvalue weighted by molar-refractivity contribution is 5.92. The molecule has 0 bridgehead atoms. The summed E-state index contributed by atoms with van der Waals surface area (Å²) >= 11 is 0. The number of hydrogen-bond acceptors (Lipinski definition) is 6. The molecular formula is C26H31N5O4. The zero-order valence-electron chi connectivity index (χ0n) is 19.7. The Bertz CT molecular complexity index is 1200. The van der Waals surface area contributed by atoms with Crippen molar-refractivity contribution in [2.45, 2.75) is 50.7 Å². The number of piperidine rings is 1. The van der Waals surface area contributed by atoms with E-state index in [0.717, 1.165) is 62.6 Å². The van der Waals surface area contributed by atoms with Gasteiger partial charge in [-0.2, -0.15) is 0 Å². The van der Waals surface area contributed by atoms with Crippen molar-refractivity contribution in [1.29, 1.82) is 0 Å². The largest absolute Gasteiger partial charge is 0.457 e. The van der Waals surface area contributed by atoms with Gasteiger partial charge in [0.15, 0.2) is 0 Å². The predicted octanol–water partition coefficient (Wildman–Crippen LogP) is 3.72. The number of amides is 2. The van der Waals surface area contributed by atoms with Crippen molar-refractivity contribution < 1.29 is 19.4 Å². The predicted molar refractivity (Wildman–Crippen MR) is 133 cm³/mol. The first kappa shape index (κ1) is 23.3. The number of rotatable bonds is 8. The van der Waals surface area contributed by atoms with Crippen molar-refractivity contribution in [3.8, 4) is 11.5 Å². The number of aliphatic hydroxyl groups excluding tert-OH is 1. The van der Waals surface area contributed by atoms with Gasteiger partial charge < -0.3 is 25.4 Å². The summed E-state index contributed by atoms with van der Waals surface area (Å²) in [6.45, 7) is 2.62. The van der Waals surface area contributed by atoms with Gasteiger partial charge in [-0.05, 0) is 69.0 Å². The van der Waals surface area contributed by atoms with Crippen LogP contribution in [-0.2, 0) is 4.79 Å². The second-order valence-corrected chi connectivity index (χ2v) is 9.33. The molecule has 1 aromatic carbocycles. The number of aromatic nitrogens is 2. The van der Waals surface area contributed by atoms with Gasteiger partial charge >= 0.3 is 6.03 Å². The third kappa shape index (κ3) is 6.17. The van der Waals surface area contributed by atoms with E-state index < -0.39 is 0 Å². The van der Waals surface area contributed by atoms with Crippen molar-refractivity contribution in [2.24, 2.45) is 0 Å². The number of ether oxygens (including phenoxy) is 1. The summed E-state index contributed by atoms with van der Waals surface area (Å²) in [5.41, 5.74) is 0.818. The number of aliphatic hydroxyl groups is 1. The van der Waals surface area contributed by atoms with Crippen LogP contribution in [0.25, 0.3) is 10.9 Å². The highest BCUT2D eigenvalue weighted by Gasteiger charge is 2.24. The first-order chi connectivity index (χ1) is 17.0. The molecule has 2 aromatic heterocycles. The minimum Gasteiger partial charge on any atom is -0.457 e. The smallest absolute Gasteiger partial charge is 0.326 e. The molecule has 0 atom stereocenters. The molecule has 9 heteroatoms. The first-order valence-corrected chi connectivity index (χ1v) is 12.3. The van der Waals surface area contributed by atoms with Gasteiger partial charge in [0.1, 0.15) is 17.3 Å². The molecular weight excluding hydrogens is 446 g/mol. The summed E-state index contributed by atoms with van der Waals surface area (Å²) < 4.78 is 7.61. The number of nitrogens with zero attached hydrogens (tertiary/aromatic N) is 3. The number of nitrogens with one attached hydrogen (secondary N) is 2. The molecule has 0 unspecified atom stereocenters. The second kappa shape index (κ2) is 10.5. The number of hydrogen-bond donors (Lipinski definition) is 3. The third-order valence-corrected chi connectivity index (χ3v) is 6.46. The Hall–Kier alpha value is -3.43. The van der Waals surface area contributed by atoms with Crippen LogP contribution in [0.5, 0.6) is 11.5 Å². The van der Waals surface area contributed by atoms with Crippen molar-refractivity contribution in [3.05, 3.63) is 48.8 Å². The standard InChI is InChI=1S/C26H31N5O4/c32-20-9-13-30(14-10-20)12-1-2-25(33)29-24-17-22(7-11-27-24)35-21-5-6-23-18(16-21)8-15-31(23)26(34)28-19-3-4-19/h5-8,11,15-17,19-20,32H,1-4,9-10,12-14H2,(H,28,34)(H,27,29,33). The van der Waals surface area contributed by atoms with Crippen molar-refractivity contribution in [3.63, 3.8) is 0 Å². The Morgan fingerprint density at radius 1 is 1.06 bits per heavy atom. The number of carbonyl (C=O) groups excluding carboxylic acids is 2. The molecule has 35 heavy (non-hydrogen) atoms. The second-order valence-electron chi connectivity index (χ2n) is 9.33. The lowest BCUT2D eigenvalue weighted by Crippen LogP contribution is -2.36. The maximum absolute atomic E-state index is 12.4. The summed E-state index contributed by atoms with van der Waals surface area (Å²) in [6, 6.07) is 11.1. The van der Waals surface area contributed by atoms with Crippen LogP contribution in [0.1, 0.15) is 38.5 Å². The monoisotopic (exact) mass is 477 g/mol. The summed E-state index contributed by atoms with van der Waals surface area (Å²) in [4.78, 5) is 31.3. The van der Waals surface area contributed by atoms with Crippen molar-refractivity contribution in [1.82, 2.24) is 19.8 Å². The molecule has 0 radical (unpaired) electrons. The lowest BCUT2D eigenvalue weighted by Gasteiger charge is -2.29. The van der Waals surface area contributed by atoms with Crippen LogP contribution in [-0.4, -0.2) is 63.3 Å². The van der Waals surface area contributed by atoms with E-state index in [1.165, 1.54) is 0 Å². The highest BCUT2D eigenvalue weighted by atomic mass is 16.5. The van der Waals surface area contributed by atoms with E-state index in [2.05, 4.69) is 20.5 Å². The fourth-order valence-electron chi connectivity index (χ4n) is 4.32. The van der Waals surface area contributed by atoms with Crippen LogP contribution in [0.4, 0.5) is 10.6 Å². The van der Waals surface area contributed by atoms with Gasteiger partial charge in [0.05, 0.1) is 11.6 Å². The summed E-state index contributed by atoms with van der Waals surface area (Å²) in [5.74, 6) is 1.55. The molecule has 3 N–H and O–H groups in total. The van der Waals surface area contributed by atoms with Crippen LogP contribution >= 0.6 is 0 Å². The summed E-state index contributed by atoms with van der Waals surface area (Å²) in [5, 5.41) is 16.3. The Balaban J connectivity index is 1.14. The summed E-state index contributed by atoms with van der Waals surface area (Å²) in [7, 11) is 0. The number of fused-ring (bicyclic) bond motifs is 1. The molecule has 1 aliphatic carbocycles. The van der Waals surface area contributed by atoms with Crippen LogP contribution < -0.4 is 15.4 Å². The zero-order chi connectivity index (χ0) is 24.2. The van der Waals surface area contributed by atoms with Crippen molar-refractivity contribution >= 4 is 28.7 Å². The fourth-order valence-corrected chi connectivity index (χ4v) is 4.32. The van der Waals surface area contributed by atoms with E-state index in [0.29, 0.717) is 29.8 Å². The van der Waals surface area contributed by atoms with Crippen LogP contribution in [0.3, 0.4) is 0 Å². The Morgan fingerprint density at radius 3 is 2.66 bits per heavy atom. The highest BCUT2D eigenvalue weighted by Crippen LogP contribution is 2.28. The van der Waals surface area contributed by atoms with Crippen LogP contribution in [0.2, 0.25) is 0 Å². The van der Waals surface area contributed by atoms with Gasteiger partial charge in [0, 0.05) is 49.4 Å². The fraction of sp³-hybridized carbons (Fsp3) is 0.423. The van der Waals surface area contributed by atoms with E-state index in [-0.39, 0.29) is 18.0 Å². The van der Waals surface area contributed by atoms with Gasteiger partial charge in [0.2, 0.25) is 5.91 Å². The number of pyridine rings is 1. The minimum absolute atomic E-state index is 0.0843. The number of carbonyl (C=O) groups is 2. The van der Waals surface area contributed by atoms with Crippen LogP contribution in [0.15, 0.2) is 48.8 Å². The molecule has 2 amide bonds. The average molecular weight is 478 g/mol. The molecule has 1 saturated carbocycles. The quantitative estimate of drug-likeness (QED) is 0.456. The van der Waals surface area contributed by atoms with Crippen LogP contribution in [0, 0.1) is 0 Å². The van der Waals surface area contributed by atoms with E-state index in [1.807, 2.05) is 24.3 Å². The van der Waals surface area contributed by atoms with E-state index in [1.54, 1.807) is 29.1 Å². The van der Waals surface area contributed by atoms with Gasteiger partial charge in [-0.25, -0.2) is 9.78 Å². The topological polar surface area (TPSA) is 109 Å². The van der Waals surface area contributed by atoms with E-state index in [4.69, 9.17) is 4.74 Å². The first-order valence-electron chi connectivity index (χ1n) is 12.3. The van der Waals surface area contributed by atoms with Gasteiger partial charge in [0.25, 0.3) is 0 Å². The Labute approximate surface area is 204 Å². The lowest BCUT2D eigenvalue weighted by atomic mass is 10.1. The maximum atomic E-state index is 12.4. The number of anilines is 1. The molecule has 184 valence electrons. The van der Waals surface area contributed by atoms with Crippen molar-refractivity contribution in [2.75, 3.05) is 25.0 Å². The normalized spacial score (nSPS) is 16.8. The molecule has 3 aromatic rings. The van der Waals surface area contributed by atoms with E-state index in [9.17, 15) is 14.7 Å².